The van der Waals surface area contributed by atoms with Gasteiger partial charge in [-0.25, -0.2) is 0 Å². The van der Waals surface area contributed by atoms with Gasteiger partial charge >= 0.3 is 0 Å². The van der Waals surface area contributed by atoms with Crippen LogP contribution < -0.4 is 5.32 Å². The van der Waals surface area contributed by atoms with E-state index < -0.39 is 0 Å². The van der Waals surface area contributed by atoms with E-state index in [0.29, 0.717) is 0 Å². The van der Waals surface area contributed by atoms with Crippen LogP contribution in [0.15, 0.2) is 0 Å². The van der Waals surface area contributed by atoms with E-state index in [2.05, 4.69) is 12.2 Å². The van der Waals surface area contributed by atoms with Crippen molar-refractivity contribution < 1.29 is 1.43 Å². The van der Waals surface area contributed by atoms with Crippen molar-refractivity contribution in [2.24, 2.45) is 11.8 Å². The van der Waals surface area contributed by atoms with Crippen LogP contribution in [0.2, 0.25) is 0 Å². The van der Waals surface area contributed by atoms with Crippen molar-refractivity contribution in [3.63, 3.8) is 0 Å². The molecule has 1 saturated carbocycles. The Hall–Kier alpha value is -0.0400. The Morgan fingerprint density at radius 2 is 1.69 bits per heavy atom. The molecule has 0 spiro atoms. The van der Waals surface area contributed by atoms with E-state index in [4.69, 9.17) is 0 Å². The summed E-state index contributed by atoms with van der Waals surface area (Å²) in [5.74, 6) is 2.10. The summed E-state index contributed by atoms with van der Waals surface area (Å²) >= 11 is 0. The summed E-state index contributed by atoms with van der Waals surface area (Å²) in [5.41, 5.74) is 0. The Morgan fingerprint density at radius 3 is 2.38 bits per heavy atom. The first-order valence-electron chi connectivity index (χ1n) is 6.09. The lowest BCUT2D eigenvalue weighted by atomic mass is 9.74. The molecular formula is C12H27N. The monoisotopic (exact) mass is 185 g/mol. The van der Waals surface area contributed by atoms with Gasteiger partial charge in [0.25, 0.3) is 0 Å². The van der Waals surface area contributed by atoms with E-state index in [-0.39, 0.29) is 1.43 Å². The Labute approximate surface area is 84.8 Å². The van der Waals surface area contributed by atoms with Crippen LogP contribution in [0.5, 0.6) is 0 Å². The van der Waals surface area contributed by atoms with E-state index >= 15 is 0 Å². The smallest absolute Gasteiger partial charge is 0.00415 e. The molecule has 1 aliphatic carbocycles. The number of piperidine rings is 1. The molecule has 2 rings (SSSR count). The minimum absolute atomic E-state index is 0. The molecule has 0 aromatic heterocycles. The normalized spacial score (nSPS) is 38.5. The van der Waals surface area contributed by atoms with Gasteiger partial charge in [0.05, 0.1) is 0 Å². The van der Waals surface area contributed by atoms with Gasteiger partial charge in [0.2, 0.25) is 0 Å². The first-order valence-corrected chi connectivity index (χ1v) is 6.09. The third-order valence-electron chi connectivity index (χ3n) is 3.45. The number of hydrogen-bond donors (Lipinski definition) is 1. The second-order valence-electron chi connectivity index (χ2n) is 4.35. The first-order chi connectivity index (χ1) is 6.36. The fourth-order valence-electron chi connectivity index (χ4n) is 2.75. The van der Waals surface area contributed by atoms with E-state index in [1.54, 1.807) is 0 Å². The zero-order chi connectivity index (χ0) is 9.68. The van der Waals surface area contributed by atoms with Gasteiger partial charge < -0.3 is 5.32 Å². The molecule has 0 aromatic rings. The Balaban J connectivity index is 0.000000531. The molecule has 0 bridgehead atoms. The van der Waals surface area contributed by atoms with E-state index in [1.807, 2.05) is 13.8 Å². The molecular weight excluding hydrogens is 158 g/mol. The average molecular weight is 185 g/mol. The lowest BCUT2D eigenvalue weighted by molar-refractivity contribution is 0.159. The summed E-state index contributed by atoms with van der Waals surface area (Å²) < 4.78 is 0. The van der Waals surface area contributed by atoms with Crippen molar-refractivity contribution >= 4 is 0 Å². The summed E-state index contributed by atoms with van der Waals surface area (Å²) in [4.78, 5) is 0. The van der Waals surface area contributed by atoms with Gasteiger partial charge in [-0.3, -0.25) is 0 Å². The van der Waals surface area contributed by atoms with Crippen LogP contribution in [0, 0.1) is 11.8 Å². The highest BCUT2D eigenvalue weighted by Gasteiger charge is 2.29. The van der Waals surface area contributed by atoms with Gasteiger partial charge in [0, 0.05) is 7.47 Å². The van der Waals surface area contributed by atoms with E-state index in [1.165, 1.54) is 38.6 Å². The minimum atomic E-state index is 0. The Kier molecular flexibility index (Phi) is 4.79. The summed E-state index contributed by atoms with van der Waals surface area (Å²) in [5, 5.41) is 3.58. The summed E-state index contributed by atoms with van der Waals surface area (Å²) in [6.45, 7) is 7.62. The minimum Gasteiger partial charge on any atom is -0.314 e. The molecule has 1 heterocycles. The fraction of sp³-hybridized carbons (Fsp3) is 1.00. The molecule has 80 valence electrons. The molecule has 13 heavy (non-hydrogen) atoms. The van der Waals surface area contributed by atoms with Crippen LogP contribution in [0.25, 0.3) is 0 Å². The predicted molar refractivity (Wildman–Crippen MR) is 61.0 cm³/mol. The highest BCUT2D eigenvalue weighted by atomic mass is 14.9. The second-order valence-corrected chi connectivity index (χ2v) is 4.35. The number of hydrogen-bond acceptors (Lipinski definition) is 1. The summed E-state index contributed by atoms with van der Waals surface area (Å²) in [6.07, 6.45) is 7.41. The van der Waals surface area contributed by atoms with E-state index in [0.717, 1.165) is 17.9 Å². The van der Waals surface area contributed by atoms with Gasteiger partial charge in [0.1, 0.15) is 0 Å². The van der Waals surface area contributed by atoms with Gasteiger partial charge in [-0.2, -0.15) is 0 Å². The lowest BCUT2D eigenvalue weighted by Crippen LogP contribution is -2.43. The predicted octanol–water partition coefficient (Wildman–Crippen LogP) is 3.45. The Morgan fingerprint density at radius 1 is 1.08 bits per heavy atom. The van der Waals surface area contributed by atoms with Crippen molar-refractivity contribution in [3.8, 4) is 0 Å². The molecule has 1 heteroatoms. The molecule has 1 N–H and O–H groups in total. The third-order valence-corrected chi connectivity index (χ3v) is 3.45. The van der Waals surface area contributed by atoms with Crippen LogP contribution in [0.4, 0.5) is 0 Å². The summed E-state index contributed by atoms with van der Waals surface area (Å²) in [7, 11) is 0. The second kappa shape index (κ2) is 5.64. The van der Waals surface area contributed by atoms with Crippen LogP contribution in [-0.4, -0.2) is 12.6 Å². The maximum atomic E-state index is 3.58. The standard InChI is InChI=1S/C10H19N.C2H6.H2/c1-8-6-9-4-2-3-5-10(9)7-11-8;1-2;/h8-11H,2-7H2,1H3;1-2H3;1H/t8-,9+,10-;;/m1../s1. The van der Waals surface area contributed by atoms with Crippen LogP contribution in [-0.2, 0) is 0 Å². The molecule has 0 radical (unpaired) electrons. The lowest BCUT2D eigenvalue weighted by Gasteiger charge is -2.38. The maximum Gasteiger partial charge on any atom is 0.00415 e. The fourth-order valence-corrected chi connectivity index (χ4v) is 2.75. The van der Waals surface area contributed by atoms with Crippen molar-refractivity contribution in [3.05, 3.63) is 0 Å². The topological polar surface area (TPSA) is 12.0 Å². The number of fused-ring (bicyclic) bond motifs is 1. The maximum absolute atomic E-state index is 3.58. The zero-order valence-electron chi connectivity index (χ0n) is 9.47. The van der Waals surface area contributed by atoms with Crippen molar-refractivity contribution in [2.45, 2.75) is 58.9 Å². The largest absolute Gasteiger partial charge is 0.314 e. The van der Waals surface area contributed by atoms with Crippen LogP contribution in [0.3, 0.4) is 0 Å². The number of nitrogens with one attached hydrogen (secondary N) is 1. The van der Waals surface area contributed by atoms with E-state index in [9.17, 15) is 0 Å². The molecule has 2 aliphatic rings. The van der Waals surface area contributed by atoms with Gasteiger partial charge in [-0.1, -0.05) is 33.1 Å². The highest BCUT2D eigenvalue weighted by Crippen LogP contribution is 2.34. The van der Waals surface area contributed by atoms with Gasteiger partial charge in [-0.15, -0.1) is 0 Å². The highest BCUT2D eigenvalue weighted by molar-refractivity contribution is 4.84. The van der Waals surface area contributed by atoms with Crippen molar-refractivity contribution in [1.82, 2.24) is 5.32 Å². The molecule has 0 unspecified atom stereocenters. The Bertz CT molecular complexity index is 138. The quantitative estimate of drug-likeness (QED) is 0.609. The molecule has 0 amide bonds. The molecule has 2 fully saturated rings. The average Bonchev–Trinajstić information content (AvgIpc) is 2.21. The molecule has 1 aliphatic heterocycles. The van der Waals surface area contributed by atoms with Gasteiger partial charge in [0.15, 0.2) is 0 Å². The first kappa shape index (κ1) is 11.0. The van der Waals surface area contributed by atoms with Crippen molar-refractivity contribution in [2.75, 3.05) is 6.54 Å². The number of rotatable bonds is 0. The van der Waals surface area contributed by atoms with Crippen LogP contribution >= 0.6 is 0 Å². The molecule has 1 nitrogen and oxygen atoms in total. The van der Waals surface area contributed by atoms with Gasteiger partial charge in [-0.05, 0) is 38.1 Å². The molecule has 3 atom stereocenters. The molecule has 0 aromatic carbocycles. The third kappa shape index (κ3) is 2.98. The van der Waals surface area contributed by atoms with Crippen molar-refractivity contribution in [1.29, 1.82) is 0 Å². The SMILES string of the molecule is CC.C[C@@H]1C[C@@H]2CCCC[C@@H]2CN1.[HH]. The molecule has 1 saturated heterocycles. The zero-order valence-corrected chi connectivity index (χ0v) is 9.47. The summed E-state index contributed by atoms with van der Waals surface area (Å²) in [6, 6.07) is 0.786. The van der Waals surface area contributed by atoms with Crippen LogP contribution in [0.1, 0.15) is 54.3 Å².